The van der Waals surface area contributed by atoms with E-state index >= 15 is 0 Å². The molecule has 0 aliphatic rings. The first-order valence-corrected chi connectivity index (χ1v) is 4.54. The Morgan fingerprint density at radius 3 is 3.07 bits per heavy atom. The first-order chi connectivity index (χ1) is 6.86. The number of hydrogen-bond donors (Lipinski definition) is 0. The van der Waals surface area contributed by atoms with Gasteiger partial charge in [0.15, 0.2) is 0 Å². The molecule has 14 heavy (non-hydrogen) atoms. The molecule has 0 atom stereocenters. The van der Waals surface area contributed by atoms with Gasteiger partial charge >= 0.3 is 0 Å². The number of pyridine rings is 1. The molecule has 0 amide bonds. The molecule has 0 saturated heterocycles. The monoisotopic (exact) mass is 183 g/mol. The molecule has 3 aromatic heterocycles. The molecule has 0 aliphatic heterocycles. The Morgan fingerprint density at radius 1 is 1.21 bits per heavy atom. The maximum atomic E-state index is 4.49. The van der Waals surface area contributed by atoms with Crippen LogP contribution in [0, 0.1) is 6.92 Å². The lowest BCUT2D eigenvalue weighted by Crippen LogP contribution is -1.93. The van der Waals surface area contributed by atoms with Crippen LogP contribution < -0.4 is 0 Å². The molecule has 0 saturated carbocycles. The third kappa shape index (κ3) is 0.865. The lowest BCUT2D eigenvalue weighted by Gasteiger charge is -2.03. The van der Waals surface area contributed by atoms with E-state index in [0.29, 0.717) is 0 Å². The van der Waals surface area contributed by atoms with Gasteiger partial charge in [0, 0.05) is 12.4 Å². The van der Waals surface area contributed by atoms with Gasteiger partial charge in [-0.25, -0.2) is 4.98 Å². The summed E-state index contributed by atoms with van der Waals surface area (Å²) in [5.74, 6) is 0. The number of aromatic nitrogens is 3. The number of aryl methyl sites for hydroxylation is 1. The summed E-state index contributed by atoms with van der Waals surface area (Å²) in [6.07, 6.45) is 5.63. The molecule has 0 aromatic carbocycles. The Kier molecular flexibility index (Phi) is 1.36. The second kappa shape index (κ2) is 2.54. The number of fused-ring (bicyclic) bond motifs is 3. The maximum Gasteiger partial charge on any atom is 0.106 e. The van der Waals surface area contributed by atoms with Crippen LogP contribution in [0.15, 0.2) is 36.8 Å². The van der Waals surface area contributed by atoms with Gasteiger partial charge in [-0.15, -0.1) is 0 Å². The molecule has 3 nitrogen and oxygen atoms in total. The van der Waals surface area contributed by atoms with Crippen LogP contribution in [0.25, 0.3) is 16.6 Å². The first kappa shape index (κ1) is 7.50. The minimum atomic E-state index is 0.939. The van der Waals surface area contributed by atoms with Crippen molar-refractivity contribution in [3.63, 3.8) is 0 Å². The fraction of sp³-hybridized carbons (Fsp3) is 0.0909. The van der Waals surface area contributed by atoms with Crippen LogP contribution in [0.3, 0.4) is 0 Å². The van der Waals surface area contributed by atoms with Crippen molar-refractivity contribution in [2.75, 3.05) is 0 Å². The summed E-state index contributed by atoms with van der Waals surface area (Å²) in [6.45, 7) is 2.02. The molecule has 0 N–H and O–H groups in total. The first-order valence-electron chi connectivity index (χ1n) is 4.54. The topological polar surface area (TPSA) is 30.2 Å². The van der Waals surface area contributed by atoms with Crippen molar-refractivity contribution >= 4 is 16.6 Å². The molecule has 0 radical (unpaired) electrons. The van der Waals surface area contributed by atoms with Gasteiger partial charge < -0.3 is 4.40 Å². The molecule has 0 aliphatic carbocycles. The van der Waals surface area contributed by atoms with Crippen LogP contribution in [-0.4, -0.2) is 14.4 Å². The minimum Gasteiger partial charge on any atom is -0.313 e. The van der Waals surface area contributed by atoms with E-state index in [1.165, 1.54) is 0 Å². The van der Waals surface area contributed by atoms with E-state index in [9.17, 15) is 0 Å². The smallest absolute Gasteiger partial charge is 0.106 e. The second-order valence-corrected chi connectivity index (χ2v) is 3.33. The molecule has 3 heterocycles. The zero-order valence-electron chi connectivity index (χ0n) is 7.81. The number of nitrogens with zero attached hydrogens (tertiary/aromatic N) is 3. The Morgan fingerprint density at radius 2 is 2.14 bits per heavy atom. The van der Waals surface area contributed by atoms with Gasteiger partial charge in [0.25, 0.3) is 0 Å². The predicted molar refractivity (Wildman–Crippen MR) is 55.2 cm³/mol. The van der Waals surface area contributed by atoms with Gasteiger partial charge in [0.2, 0.25) is 0 Å². The van der Waals surface area contributed by atoms with E-state index in [0.717, 1.165) is 22.2 Å². The van der Waals surface area contributed by atoms with E-state index in [-0.39, 0.29) is 0 Å². The lowest BCUT2D eigenvalue weighted by atomic mass is 10.3. The average Bonchev–Trinajstić information content (AvgIpc) is 2.67. The molecule has 0 unspecified atom stereocenters. The van der Waals surface area contributed by atoms with Crippen molar-refractivity contribution in [2.24, 2.45) is 0 Å². The van der Waals surface area contributed by atoms with Crippen molar-refractivity contribution in [2.45, 2.75) is 6.92 Å². The molecule has 3 aromatic rings. The molecule has 3 rings (SSSR count). The molecular formula is C11H9N3. The third-order valence-electron chi connectivity index (χ3n) is 2.44. The molecule has 3 heteroatoms. The van der Waals surface area contributed by atoms with Crippen molar-refractivity contribution in [3.05, 3.63) is 42.5 Å². The molecule has 0 spiro atoms. The van der Waals surface area contributed by atoms with Crippen LogP contribution in [0.2, 0.25) is 0 Å². The molecule has 0 fully saturated rings. The largest absolute Gasteiger partial charge is 0.313 e. The second-order valence-electron chi connectivity index (χ2n) is 3.33. The van der Waals surface area contributed by atoms with Crippen molar-refractivity contribution in [1.29, 1.82) is 0 Å². The zero-order chi connectivity index (χ0) is 9.54. The summed E-state index contributed by atoms with van der Waals surface area (Å²) < 4.78 is 2.14. The van der Waals surface area contributed by atoms with Crippen molar-refractivity contribution < 1.29 is 0 Å². The number of rotatable bonds is 0. The van der Waals surface area contributed by atoms with Gasteiger partial charge in [-0.2, -0.15) is 0 Å². The Labute approximate surface area is 81.0 Å². The predicted octanol–water partition coefficient (Wildman–Crippen LogP) is 2.19. The molecular weight excluding hydrogens is 174 g/mol. The van der Waals surface area contributed by atoms with Crippen LogP contribution in [-0.2, 0) is 0 Å². The lowest BCUT2D eigenvalue weighted by molar-refractivity contribution is 1.15. The summed E-state index contributed by atoms with van der Waals surface area (Å²) in [7, 11) is 0. The third-order valence-corrected chi connectivity index (χ3v) is 2.44. The maximum absolute atomic E-state index is 4.49. The standard InChI is InChI=1S/C11H9N3/c1-8-10-3-2-6-14(10)11-4-5-12-7-9(11)13-8/h2-7H,1H3. The summed E-state index contributed by atoms with van der Waals surface area (Å²) in [5.41, 5.74) is 4.23. The fourth-order valence-corrected chi connectivity index (χ4v) is 1.79. The van der Waals surface area contributed by atoms with Crippen molar-refractivity contribution in [1.82, 2.24) is 14.4 Å². The summed E-state index contributed by atoms with van der Waals surface area (Å²) in [4.78, 5) is 8.56. The highest BCUT2D eigenvalue weighted by Crippen LogP contribution is 2.16. The minimum absolute atomic E-state index is 0.939. The van der Waals surface area contributed by atoms with Gasteiger partial charge in [-0.05, 0) is 25.1 Å². The molecule has 68 valence electrons. The SMILES string of the molecule is Cc1nc2cnccc2n2cccc12. The Balaban J connectivity index is 2.66. The quantitative estimate of drug-likeness (QED) is 0.534. The van der Waals surface area contributed by atoms with Crippen LogP contribution in [0.1, 0.15) is 5.69 Å². The van der Waals surface area contributed by atoms with Gasteiger partial charge in [-0.1, -0.05) is 0 Å². The number of hydrogen-bond acceptors (Lipinski definition) is 2. The van der Waals surface area contributed by atoms with Crippen LogP contribution in [0.5, 0.6) is 0 Å². The highest BCUT2D eigenvalue weighted by molar-refractivity contribution is 5.78. The highest BCUT2D eigenvalue weighted by atomic mass is 14.9. The zero-order valence-corrected chi connectivity index (χ0v) is 7.81. The molecule has 0 bridgehead atoms. The van der Waals surface area contributed by atoms with E-state index in [1.807, 2.05) is 25.3 Å². The van der Waals surface area contributed by atoms with Crippen molar-refractivity contribution in [3.8, 4) is 0 Å². The van der Waals surface area contributed by atoms with E-state index in [1.54, 1.807) is 12.4 Å². The normalized spacial score (nSPS) is 11.2. The van der Waals surface area contributed by atoms with E-state index in [4.69, 9.17) is 0 Å². The van der Waals surface area contributed by atoms with Crippen LogP contribution in [0.4, 0.5) is 0 Å². The van der Waals surface area contributed by atoms with Crippen LogP contribution >= 0.6 is 0 Å². The summed E-state index contributed by atoms with van der Waals surface area (Å²) in [5, 5.41) is 0. The van der Waals surface area contributed by atoms with Gasteiger partial charge in [0.05, 0.1) is 22.9 Å². The van der Waals surface area contributed by atoms with E-state index < -0.39 is 0 Å². The highest BCUT2D eigenvalue weighted by Gasteiger charge is 2.03. The Hall–Kier alpha value is -1.90. The van der Waals surface area contributed by atoms with Gasteiger partial charge in [0.1, 0.15) is 5.52 Å². The summed E-state index contributed by atoms with van der Waals surface area (Å²) in [6, 6.07) is 6.08. The average molecular weight is 183 g/mol. The Bertz CT molecular complexity index is 610. The fourth-order valence-electron chi connectivity index (χ4n) is 1.79. The van der Waals surface area contributed by atoms with E-state index in [2.05, 4.69) is 20.4 Å². The van der Waals surface area contributed by atoms with Gasteiger partial charge in [-0.3, -0.25) is 4.98 Å². The summed E-state index contributed by atoms with van der Waals surface area (Å²) >= 11 is 0.